The standard InChI is InChI=1S/C13H24O2/c1-4-7-9-12(10-8-5-2)11-13(14)15-6-3/h11H,4-10H2,1-3H3. The lowest BCUT2D eigenvalue weighted by molar-refractivity contribution is -0.137. The van der Waals surface area contributed by atoms with Crippen LogP contribution < -0.4 is 0 Å². The molecule has 0 aromatic heterocycles. The van der Waals surface area contributed by atoms with Crippen molar-refractivity contribution in [1.29, 1.82) is 0 Å². The molecule has 0 atom stereocenters. The SMILES string of the molecule is CCCCC(=CC(=O)OCC)CCCC. The Balaban J connectivity index is 4.12. The quantitative estimate of drug-likeness (QED) is 0.451. The summed E-state index contributed by atoms with van der Waals surface area (Å²) in [5.74, 6) is -0.181. The van der Waals surface area contributed by atoms with Gasteiger partial charge in [0.1, 0.15) is 0 Å². The summed E-state index contributed by atoms with van der Waals surface area (Å²) in [7, 11) is 0. The van der Waals surface area contributed by atoms with Gasteiger partial charge in [-0.15, -0.1) is 0 Å². The van der Waals surface area contributed by atoms with E-state index >= 15 is 0 Å². The van der Waals surface area contributed by atoms with E-state index in [2.05, 4.69) is 13.8 Å². The fourth-order valence-electron chi connectivity index (χ4n) is 1.43. The van der Waals surface area contributed by atoms with Crippen LogP contribution in [0.5, 0.6) is 0 Å². The van der Waals surface area contributed by atoms with Gasteiger partial charge in [-0.1, -0.05) is 32.3 Å². The molecule has 0 N–H and O–H groups in total. The predicted molar refractivity (Wildman–Crippen MR) is 63.8 cm³/mol. The zero-order chi connectivity index (χ0) is 11.5. The van der Waals surface area contributed by atoms with Crippen molar-refractivity contribution in [2.75, 3.05) is 6.61 Å². The number of ether oxygens (including phenoxy) is 1. The van der Waals surface area contributed by atoms with Gasteiger partial charge in [-0.05, 0) is 32.6 Å². The van der Waals surface area contributed by atoms with E-state index in [1.165, 1.54) is 18.4 Å². The molecule has 0 saturated carbocycles. The van der Waals surface area contributed by atoms with Crippen molar-refractivity contribution >= 4 is 5.97 Å². The molecule has 0 saturated heterocycles. The maximum Gasteiger partial charge on any atom is 0.330 e. The van der Waals surface area contributed by atoms with Gasteiger partial charge in [0.15, 0.2) is 0 Å². The minimum Gasteiger partial charge on any atom is -0.463 e. The normalized spacial score (nSPS) is 9.80. The van der Waals surface area contributed by atoms with Gasteiger partial charge in [0.2, 0.25) is 0 Å². The van der Waals surface area contributed by atoms with E-state index in [0.29, 0.717) is 6.61 Å². The number of allylic oxidation sites excluding steroid dienone is 1. The van der Waals surface area contributed by atoms with Crippen LogP contribution in [0.2, 0.25) is 0 Å². The highest BCUT2D eigenvalue weighted by Crippen LogP contribution is 2.15. The average Bonchev–Trinajstić information content (AvgIpc) is 2.22. The number of hydrogen-bond acceptors (Lipinski definition) is 2. The zero-order valence-corrected chi connectivity index (χ0v) is 10.3. The minimum absolute atomic E-state index is 0.181. The van der Waals surface area contributed by atoms with E-state index in [9.17, 15) is 4.79 Å². The number of rotatable bonds is 8. The van der Waals surface area contributed by atoms with Crippen LogP contribution in [-0.4, -0.2) is 12.6 Å². The maximum atomic E-state index is 11.3. The fraction of sp³-hybridized carbons (Fsp3) is 0.769. The molecule has 0 rings (SSSR count). The van der Waals surface area contributed by atoms with E-state index in [4.69, 9.17) is 4.74 Å². The molecule has 0 amide bonds. The number of carbonyl (C=O) groups excluding carboxylic acids is 1. The first-order chi connectivity index (χ1) is 7.24. The van der Waals surface area contributed by atoms with Crippen molar-refractivity contribution in [3.63, 3.8) is 0 Å². The minimum atomic E-state index is -0.181. The molecule has 0 aliphatic carbocycles. The monoisotopic (exact) mass is 212 g/mol. The summed E-state index contributed by atoms with van der Waals surface area (Å²) in [4.78, 5) is 11.3. The second-order valence-corrected chi connectivity index (χ2v) is 3.76. The molecule has 0 aromatic rings. The molecular weight excluding hydrogens is 188 g/mol. The highest BCUT2D eigenvalue weighted by Gasteiger charge is 2.02. The number of carbonyl (C=O) groups is 1. The molecule has 0 heterocycles. The summed E-state index contributed by atoms with van der Waals surface area (Å²) >= 11 is 0. The first-order valence-corrected chi connectivity index (χ1v) is 6.10. The van der Waals surface area contributed by atoms with Crippen LogP contribution in [0.15, 0.2) is 11.6 Å². The number of esters is 1. The zero-order valence-electron chi connectivity index (χ0n) is 10.3. The van der Waals surface area contributed by atoms with Crippen LogP contribution >= 0.6 is 0 Å². The molecular formula is C13H24O2. The Hall–Kier alpha value is -0.790. The molecule has 2 nitrogen and oxygen atoms in total. The molecule has 0 radical (unpaired) electrons. The summed E-state index contributed by atoms with van der Waals surface area (Å²) in [6.07, 6.45) is 8.43. The molecule has 0 bridgehead atoms. The summed E-state index contributed by atoms with van der Waals surface area (Å²) in [6.45, 7) is 6.64. The topological polar surface area (TPSA) is 26.3 Å². The molecule has 0 unspecified atom stereocenters. The van der Waals surface area contributed by atoms with Gasteiger partial charge in [-0.25, -0.2) is 4.79 Å². The van der Waals surface area contributed by atoms with Gasteiger partial charge < -0.3 is 4.74 Å². The average molecular weight is 212 g/mol. The Labute approximate surface area is 93.7 Å². The first-order valence-electron chi connectivity index (χ1n) is 6.10. The van der Waals surface area contributed by atoms with Crippen molar-refractivity contribution in [3.05, 3.63) is 11.6 Å². The highest BCUT2D eigenvalue weighted by atomic mass is 16.5. The van der Waals surface area contributed by atoms with Crippen LogP contribution in [0, 0.1) is 0 Å². The molecule has 0 aliphatic heterocycles. The summed E-state index contributed by atoms with van der Waals surface area (Å²) in [5, 5.41) is 0. The smallest absolute Gasteiger partial charge is 0.330 e. The van der Waals surface area contributed by atoms with Crippen LogP contribution in [0.1, 0.15) is 59.3 Å². The summed E-state index contributed by atoms with van der Waals surface area (Å²) in [5.41, 5.74) is 1.25. The van der Waals surface area contributed by atoms with Crippen LogP contribution in [0.25, 0.3) is 0 Å². The first kappa shape index (κ1) is 14.2. The van der Waals surface area contributed by atoms with Crippen molar-refractivity contribution in [3.8, 4) is 0 Å². The van der Waals surface area contributed by atoms with E-state index in [1.54, 1.807) is 6.08 Å². The molecule has 0 aromatic carbocycles. The van der Waals surface area contributed by atoms with Gasteiger partial charge in [-0.3, -0.25) is 0 Å². The fourth-order valence-corrected chi connectivity index (χ4v) is 1.43. The molecule has 0 fully saturated rings. The van der Waals surface area contributed by atoms with Crippen molar-refractivity contribution in [2.45, 2.75) is 59.3 Å². The number of unbranched alkanes of at least 4 members (excludes halogenated alkanes) is 2. The predicted octanol–water partition coefficient (Wildman–Crippen LogP) is 3.86. The Morgan fingerprint density at radius 2 is 1.60 bits per heavy atom. The Kier molecular flexibility index (Phi) is 9.24. The van der Waals surface area contributed by atoms with Crippen molar-refractivity contribution in [1.82, 2.24) is 0 Å². The molecule has 0 aliphatic rings. The van der Waals surface area contributed by atoms with Crippen molar-refractivity contribution in [2.24, 2.45) is 0 Å². The van der Waals surface area contributed by atoms with E-state index in [0.717, 1.165) is 25.7 Å². The third-order valence-electron chi connectivity index (χ3n) is 2.31. The molecule has 2 heteroatoms. The lowest BCUT2D eigenvalue weighted by Crippen LogP contribution is -2.01. The Bertz CT molecular complexity index is 185. The van der Waals surface area contributed by atoms with Gasteiger partial charge in [0, 0.05) is 6.08 Å². The Morgan fingerprint density at radius 1 is 1.07 bits per heavy atom. The third-order valence-corrected chi connectivity index (χ3v) is 2.31. The molecule has 0 spiro atoms. The third kappa shape index (κ3) is 8.22. The van der Waals surface area contributed by atoms with Gasteiger partial charge in [0.25, 0.3) is 0 Å². The van der Waals surface area contributed by atoms with Crippen LogP contribution in [-0.2, 0) is 9.53 Å². The van der Waals surface area contributed by atoms with E-state index in [-0.39, 0.29) is 5.97 Å². The van der Waals surface area contributed by atoms with Gasteiger partial charge in [0.05, 0.1) is 6.61 Å². The second kappa shape index (κ2) is 9.75. The molecule has 15 heavy (non-hydrogen) atoms. The number of hydrogen-bond donors (Lipinski definition) is 0. The summed E-state index contributed by atoms with van der Waals surface area (Å²) < 4.78 is 4.92. The Morgan fingerprint density at radius 3 is 2.00 bits per heavy atom. The van der Waals surface area contributed by atoms with Crippen LogP contribution in [0.4, 0.5) is 0 Å². The van der Waals surface area contributed by atoms with E-state index < -0.39 is 0 Å². The maximum absolute atomic E-state index is 11.3. The van der Waals surface area contributed by atoms with Crippen molar-refractivity contribution < 1.29 is 9.53 Å². The summed E-state index contributed by atoms with van der Waals surface area (Å²) in [6, 6.07) is 0. The van der Waals surface area contributed by atoms with Crippen LogP contribution in [0.3, 0.4) is 0 Å². The van der Waals surface area contributed by atoms with Gasteiger partial charge >= 0.3 is 5.97 Å². The second-order valence-electron chi connectivity index (χ2n) is 3.76. The largest absolute Gasteiger partial charge is 0.463 e. The lowest BCUT2D eigenvalue weighted by Gasteiger charge is -2.06. The van der Waals surface area contributed by atoms with Gasteiger partial charge in [-0.2, -0.15) is 0 Å². The molecule has 88 valence electrons. The highest BCUT2D eigenvalue weighted by molar-refractivity contribution is 5.82. The lowest BCUT2D eigenvalue weighted by atomic mass is 10.0. The van der Waals surface area contributed by atoms with E-state index in [1.807, 2.05) is 6.92 Å².